The lowest BCUT2D eigenvalue weighted by Gasteiger charge is -2.35. The molecule has 0 atom stereocenters. The van der Waals surface area contributed by atoms with Crippen molar-refractivity contribution in [2.24, 2.45) is 0 Å². The number of nitrogens with zero attached hydrogens (tertiary/aromatic N) is 5. The molecule has 136 valence electrons. The predicted octanol–water partition coefficient (Wildman–Crippen LogP) is 2.83. The Labute approximate surface area is 158 Å². The molecule has 1 saturated heterocycles. The maximum Gasteiger partial charge on any atom is 0.147 e. The van der Waals surface area contributed by atoms with Crippen molar-refractivity contribution in [3.63, 3.8) is 0 Å². The molecule has 1 fully saturated rings. The van der Waals surface area contributed by atoms with Crippen molar-refractivity contribution in [3.05, 3.63) is 59.9 Å². The average Bonchev–Trinajstić information content (AvgIpc) is 2.73. The first kappa shape index (κ1) is 17.3. The van der Waals surface area contributed by atoms with Crippen LogP contribution in [0, 0.1) is 11.3 Å². The molecule has 27 heavy (non-hydrogen) atoms. The smallest absolute Gasteiger partial charge is 0.147 e. The van der Waals surface area contributed by atoms with Gasteiger partial charge in [0.15, 0.2) is 0 Å². The second-order valence-corrected chi connectivity index (χ2v) is 6.65. The van der Waals surface area contributed by atoms with Crippen molar-refractivity contribution in [1.29, 1.82) is 5.26 Å². The van der Waals surface area contributed by atoms with Gasteiger partial charge in [-0.15, -0.1) is 0 Å². The Morgan fingerprint density at radius 3 is 2.70 bits per heavy atom. The molecule has 0 aliphatic carbocycles. The van der Waals surface area contributed by atoms with E-state index in [1.165, 1.54) is 5.56 Å². The molecular formula is C21H21N5O. The number of benzene rings is 1. The molecule has 0 N–H and O–H groups in total. The highest BCUT2D eigenvalue weighted by atomic mass is 16.5. The molecule has 3 heterocycles. The highest BCUT2D eigenvalue weighted by Crippen LogP contribution is 2.27. The molecule has 0 bridgehead atoms. The highest BCUT2D eigenvalue weighted by Gasteiger charge is 2.21. The van der Waals surface area contributed by atoms with Crippen molar-refractivity contribution in [1.82, 2.24) is 14.9 Å². The lowest BCUT2D eigenvalue weighted by Crippen LogP contribution is -2.46. The number of methoxy groups -OCH3 is 1. The lowest BCUT2D eigenvalue weighted by atomic mass is 10.1. The number of hydrogen-bond donors (Lipinski definition) is 0. The fraction of sp³-hybridized carbons (Fsp3) is 0.286. The van der Waals surface area contributed by atoms with E-state index in [4.69, 9.17) is 9.72 Å². The van der Waals surface area contributed by atoms with E-state index in [-0.39, 0.29) is 0 Å². The van der Waals surface area contributed by atoms with Gasteiger partial charge in [-0.2, -0.15) is 5.26 Å². The van der Waals surface area contributed by atoms with Crippen molar-refractivity contribution in [2.45, 2.75) is 6.54 Å². The third kappa shape index (κ3) is 3.69. The summed E-state index contributed by atoms with van der Waals surface area (Å²) in [7, 11) is 1.64. The van der Waals surface area contributed by atoms with Crippen LogP contribution in [0.15, 0.2) is 48.8 Å². The first-order valence-corrected chi connectivity index (χ1v) is 9.02. The molecule has 1 aromatic carbocycles. The van der Waals surface area contributed by atoms with Gasteiger partial charge in [0.2, 0.25) is 0 Å². The van der Waals surface area contributed by atoms with Gasteiger partial charge in [0, 0.05) is 50.5 Å². The summed E-state index contributed by atoms with van der Waals surface area (Å²) < 4.78 is 5.27. The minimum atomic E-state index is 0.608. The van der Waals surface area contributed by atoms with Crippen LogP contribution in [0.4, 0.5) is 5.82 Å². The fourth-order valence-electron chi connectivity index (χ4n) is 3.46. The SMILES string of the molecule is COc1ccc2nc(N3CCN(Cc4cccnc4)CC3)c(C#N)cc2c1. The number of aromatic nitrogens is 2. The summed E-state index contributed by atoms with van der Waals surface area (Å²) >= 11 is 0. The van der Waals surface area contributed by atoms with Crippen LogP contribution >= 0.6 is 0 Å². The summed E-state index contributed by atoms with van der Waals surface area (Å²) in [5.41, 5.74) is 2.71. The highest BCUT2D eigenvalue weighted by molar-refractivity contribution is 5.84. The molecule has 0 amide bonds. The van der Waals surface area contributed by atoms with Gasteiger partial charge in [-0.3, -0.25) is 9.88 Å². The standard InChI is InChI=1S/C21H21N5O/c1-27-19-4-5-20-17(12-19)11-18(13-22)21(24-20)26-9-7-25(8-10-26)15-16-3-2-6-23-14-16/h2-6,11-12,14H,7-10,15H2,1H3. The van der Waals surface area contributed by atoms with Gasteiger partial charge in [0.1, 0.15) is 17.6 Å². The van der Waals surface area contributed by atoms with E-state index >= 15 is 0 Å². The summed E-state index contributed by atoms with van der Waals surface area (Å²) in [6.45, 7) is 4.47. The Morgan fingerprint density at radius 1 is 1.15 bits per heavy atom. The number of pyridine rings is 2. The first-order valence-electron chi connectivity index (χ1n) is 9.02. The van der Waals surface area contributed by atoms with Gasteiger partial charge in [-0.05, 0) is 35.9 Å². The Bertz CT molecular complexity index is 975. The largest absolute Gasteiger partial charge is 0.497 e. The number of ether oxygens (including phenoxy) is 1. The quantitative estimate of drug-likeness (QED) is 0.714. The van der Waals surface area contributed by atoms with E-state index in [2.05, 4.69) is 26.9 Å². The van der Waals surface area contributed by atoms with E-state index in [1.54, 1.807) is 13.3 Å². The number of piperazine rings is 1. The van der Waals surface area contributed by atoms with Gasteiger partial charge in [0.25, 0.3) is 0 Å². The van der Waals surface area contributed by atoms with E-state index in [0.717, 1.165) is 55.2 Å². The summed E-state index contributed by atoms with van der Waals surface area (Å²) in [4.78, 5) is 13.6. The summed E-state index contributed by atoms with van der Waals surface area (Å²) in [6.07, 6.45) is 3.71. The minimum Gasteiger partial charge on any atom is -0.497 e. The molecule has 0 saturated carbocycles. The summed E-state index contributed by atoms with van der Waals surface area (Å²) in [5.74, 6) is 1.54. The van der Waals surface area contributed by atoms with E-state index < -0.39 is 0 Å². The number of fused-ring (bicyclic) bond motifs is 1. The van der Waals surface area contributed by atoms with Crippen LogP contribution in [0.2, 0.25) is 0 Å². The molecule has 6 heteroatoms. The zero-order valence-corrected chi connectivity index (χ0v) is 15.3. The van der Waals surface area contributed by atoms with Crippen LogP contribution < -0.4 is 9.64 Å². The Morgan fingerprint density at radius 2 is 2.00 bits per heavy atom. The van der Waals surface area contributed by atoms with E-state index in [9.17, 15) is 5.26 Å². The monoisotopic (exact) mass is 359 g/mol. The Balaban J connectivity index is 1.52. The van der Waals surface area contributed by atoms with Gasteiger partial charge in [0.05, 0.1) is 18.2 Å². The van der Waals surface area contributed by atoms with Gasteiger partial charge >= 0.3 is 0 Å². The molecule has 0 spiro atoms. The van der Waals surface area contributed by atoms with Gasteiger partial charge < -0.3 is 9.64 Å². The fourth-order valence-corrected chi connectivity index (χ4v) is 3.46. The molecule has 1 aliphatic heterocycles. The number of rotatable bonds is 4. The van der Waals surface area contributed by atoms with Crippen LogP contribution in [0.25, 0.3) is 10.9 Å². The Hall–Kier alpha value is -3.17. The molecule has 3 aromatic rings. The zero-order chi connectivity index (χ0) is 18.6. The second-order valence-electron chi connectivity index (χ2n) is 6.65. The number of nitriles is 1. The normalized spacial score (nSPS) is 14.9. The van der Waals surface area contributed by atoms with Crippen LogP contribution in [-0.2, 0) is 6.54 Å². The third-order valence-corrected chi connectivity index (χ3v) is 4.92. The maximum atomic E-state index is 9.62. The predicted molar refractivity (Wildman–Crippen MR) is 105 cm³/mol. The third-order valence-electron chi connectivity index (χ3n) is 4.92. The topological polar surface area (TPSA) is 65.3 Å². The maximum absolute atomic E-state index is 9.62. The van der Waals surface area contributed by atoms with Crippen molar-refractivity contribution >= 4 is 16.7 Å². The average molecular weight is 359 g/mol. The van der Waals surface area contributed by atoms with Crippen LogP contribution in [-0.4, -0.2) is 48.2 Å². The molecular weight excluding hydrogens is 338 g/mol. The molecule has 2 aromatic heterocycles. The molecule has 0 unspecified atom stereocenters. The molecule has 6 nitrogen and oxygen atoms in total. The number of hydrogen-bond acceptors (Lipinski definition) is 6. The van der Waals surface area contributed by atoms with Crippen molar-refractivity contribution in [3.8, 4) is 11.8 Å². The van der Waals surface area contributed by atoms with Gasteiger partial charge in [-0.1, -0.05) is 6.07 Å². The molecule has 4 rings (SSSR count). The van der Waals surface area contributed by atoms with E-state index in [0.29, 0.717) is 5.56 Å². The lowest BCUT2D eigenvalue weighted by molar-refractivity contribution is 0.249. The van der Waals surface area contributed by atoms with Crippen LogP contribution in [0.3, 0.4) is 0 Å². The zero-order valence-electron chi connectivity index (χ0n) is 15.3. The van der Waals surface area contributed by atoms with Crippen molar-refractivity contribution in [2.75, 3.05) is 38.2 Å². The van der Waals surface area contributed by atoms with Crippen LogP contribution in [0.5, 0.6) is 5.75 Å². The van der Waals surface area contributed by atoms with E-state index in [1.807, 2.05) is 36.5 Å². The van der Waals surface area contributed by atoms with Crippen molar-refractivity contribution < 1.29 is 4.74 Å². The number of anilines is 1. The molecule has 1 aliphatic rings. The van der Waals surface area contributed by atoms with Gasteiger partial charge in [-0.25, -0.2) is 4.98 Å². The first-order chi connectivity index (χ1) is 13.3. The second kappa shape index (κ2) is 7.60. The summed E-state index contributed by atoms with van der Waals surface area (Å²) in [5, 5.41) is 10.5. The minimum absolute atomic E-state index is 0.608. The molecule has 0 radical (unpaired) electrons. The van der Waals surface area contributed by atoms with Crippen LogP contribution in [0.1, 0.15) is 11.1 Å². The summed E-state index contributed by atoms with van der Waals surface area (Å²) in [6, 6.07) is 14.0. The Kier molecular flexibility index (Phi) is 4.86.